The Morgan fingerprint density at radius 1 is 1.31 bits per heavy atom. The van der Waals surface area contributed by atoms with Gasteiger partial charge in [-0.05, 0) is 18.6 Å². The first kappa shape index (κ1) is 9.35. The number of aromatic nitrogens is 2. The summed E-state index contributed by atoms with van der Waals surface area (Å²) in [5.41, 5.74) is 2.83. The lowest BCUT2D eigenvalue weighted by atomic mass is 10.2. The molecule has 16 heavy (non-hydrogen) atoms. The van der Waals surface area contributed by atoms with Crippen LogP contribution in [0.3, 0.4) is 0 Å². The summed E-state index contributed by atoms with van der Waals surface area (Å²) >= 11 is 1.53. The second kappa shape index (κ2) is 3.61. The van der Waals surface area contributed by atoms with Crippen LogP contribution >= 0.6 is 11.3 Å². The fourth-order valence-corrected chi connectivity index (χ4v) is 2.23. The van der Waals surface area contributed by atoms with Crippen LogP contribution in [0.4, 0.5) is 10.8 Å². The van der Waals surface area contributed by atoms with Crippen LogP contribution in [-0.4, -0.2) is 10.1 Å². The molecule has 2 aromatic heterocycles. The minimum absolute atomic E-state index is 0.584. The van der Waals surface area contributed by atoms with Crippen LogP contribution in [0.15, 0.2) is 35.0 Å². The van der Waals surface area contributed by atoms with E-state index in [9.17, 15) is 0 Å². The number of anilines is 2. The van der Waals surface area contributed by atoms with Crippen molar-refractivity contribution in [2.75, 3.05) is 5.32 Å². The van der Waals surface area contributed by atoms with Gasteiger partial charge in [-0.15, -0.1) is 0 Å². The fraction of sp³-hybridized carbons (Fsp3) is 0.0909. The Bertz CT molecular complexity index is 600. The molecule has 0 bridgehead atoms. The molecule has 4 nitrogen and oxygen atoms in total. The van der Waals surface area contributed by atoms with Gasteiger partial charge in [0.1, 0.15) is 4.70 Å². The molecule has 0 aliphatic heterocycles. The van der Waals surface area contributed by atoms with Crippen molar-refractivity contribution in [3.05, 3.63) is 36.0 Å². The maximum absolute atomic E-state index is 4.98. The molecule has 0 radical (unpaired) electrons. The van der Waals surface area contributed by atoms with E-state index in [4.69, 9.17) is 4.52 Å². The zero-order valence-corrected chi connectivity index (χ0v) is 9.41. The third-order valence-electron chi connectivity index (χ3n) is 2.32. The largest absolute Gasteiger partial charge is 0.335 e. The first-order valence-corrected chi connectivity index (χ1v) is 5.68. The first-order chi connectivity index (χ1) is 7.83. The normalized spacial score (nSPS) is 10.8. The molecule has 1 N–H and O–H groups in total. The highest BCUT2D eigenvalue weighted by atomic mass is 32.1. The minimum atomic E-state index is 0.584. The second-order valence-corrected chi connectivity index (χ2v) is 4.48. The number of rotatable bonds is 2. The van der Waals surface area contributed by atoms with E-state index in [0.717, 1.165) is 15.5 Å². The number of para-hydroxylation sites is 1. The predicted octanol–water partition coefficient (Wildman–Crippen LogP) is 3.34. The standard InChI is InChI=1S/C11H9N3OS/c1-7-4-2-3-5-8(7)13-11-14-10-9(16-11)6-12-15-10/h2-6H,1H3,(H,13,14). The van der Waals surface area contributed by atoms with E-state index in [1.54, 1.807) is 6.20 Å². The summed E-state index contributed by atoms with van der Waals surface area (Å²) in [6.07, 6.45) is 1.68. The lowest BCUT2D eigenvalue weighted by Crippen LogP contribution is -1.91. The van der Waals surface area contributed by atoms with Gasteiger partial charge in [0.2, 0.25) is 0 Å². The van der Waals surface area contributed by atoms with Gasteiger partial charge in [-0.1, -0.05) is 34.7 Å². The zero-order chi connectivity index (χ0) is 11.0. The van der Waals surface area contributed by atoms with Crippen molar-refractivity contribution >= 4 is 32.6 Å². The predicted molar refractivity (Wildman–Crippen MR) is 64.1 cm³/mol. The molecule has 0 fully saturated rings. The van der Waals surface area contributed by atoms with E-state index in [-0.39, 0.29) is 0 Å². The molecule has 2 heterocycles. The van der Waals surface area contributed by atoms with Gasteiger partial charge in [0.25, 0.3) is 5.71 Å². The molecule has 0 atom stereocenters. The van der Waals surface area contributed by atoms with Gasteiger partial charge in [0.15, 0.2) is 5.13 Å². The minimum Gasteiger partial charge on any atom is -0.335 e. The lowest BCUT2D eigenvalue weighted by molar-refractivity contribution is 0.449. The molecular weight excluding hydrogens is 222 g/mol. The summed E-state index contributed by atoms with van der Waals surface area (Å²) in [5, 5.41) is 7.76. The van der Waals surface area contributed by atoms with Crippen molar-refractivity contribution in [3.8, 4) is 0 Å². The van der Waals surface area contributed by atoms with Crippen LogP contribution in [0, 0.1) is 6.92 Å². The average molecular weight is 231 g/mol. The van der Waals surface area contributed by atoms with Crippen LogP contribution in [0.1, 0.15) is 5.56 Å². The Hall–Kier alpha value is -1.88. The molecule has 0 unspecified atom stereocenters. The second-order valence-electron chi connectivity index (χ2n) is 3.45. The number of fused-ring (bicyclic) bond motifs is 1. The monoisotopic (exact) mass is 231 g/mol. The number of nitrogens with zero attached hydrogens (tertiary/aromatic N) is 2. The Labute approximate surface area is 95.9 Å². The average Bonchev–Trinajstić information content (AvgIpc) is 2.81. The summed E-state index contributed by atoms with van der Waals surface area (Å²) in [6, 6.07) is 8.09. The molecule has 0 saturated heterocycles. The molecule has 1 aromatic carbocycles. The Balaban J connectivity index is 1.95. The van der Waals surface area contributed by atoms with Crippen molar-refractivity contribution in [1.82, 2.24) is 10.1 Å². The van der Waals surface area contributed by atoms with E-state index in [2.05, 4.69) is 28.4 Å². The molecule has 5 heteroatoms. The van der Waals surface area contributed by atoms with E-state index < -0.39 is 0 Å². The summed E-state index contributed by atoms with van der Waals surface area (Å²) < 4.78 is 5.93. The lowest BCUT2D eigenvalue weighted by Gasteiger charge is -2.04. The maximum atomic E-state index is 4.98. The van der Waals surface area contributed by atoms with E-state index in [1.807, 2.05) is 18.2 Å². The smallest absolute Gasteiger partial charge is 0.270 e. The van der Waals surface area contributed by atoms with Crippen molar-refractivity contribution < 1.29 is 4.52 Å². The van der Waals surface area contributed by atoms with Crippen LogP contribution < -0.4 is 5.32 Å². The van der Waals surface area contributed by atoms with E-state index in [1.165, 1.54) is 16.9 Å². The SMILES string of the molecule is Cc1ccccc1Nc1nc2oncc2s1. The molecule has 3 rings (SSSR count). The highest BCUT2D eigenvalue weighted by Gasteiger charge is 2.07. The van der Waals surface area contributed by atoms with Crippen LogP contribution in [-0.2, 0) is 0 Å². The Morgan fingerprint density at radius 2 is 2.19 bits per heavy atom. The molecule has 0 spiro atoms. The number of nitrogens with one attached hydrogen (secondary N) is 1. The van der Waals surface area contributed by atoms with Crippen molar-refractivity contribution in [3.63, 3.8) is 0 Å². The molecule has 0 saturated carbocycles. The summed E-state index contributed by atoms with van der Waals surface area (Å²) in [7, 11) is 0. The Kier molecular flexibility index (Phi) is 2.11. The van der Waals surface area contributed by atoms with Gasteiger partial charge in [-0.3, -0.25) is 0 Å². The van der Waals surface area contributed by atoms with Gasteiger partial charge in [-0.2, -0.15) is 4.98 Å². The van der Waals surface area contributed by atoms with Gasteiger partial charge in [-0.25, -0.2) is 0 Å². The number of hydrogen-bond acceptors (Lipinski definition) is 5. The number of thiazole rings is 1. The third-order valence-corrected chi connectivity index (χ3v) is 3.20. The first-order valence-electron chi connectivity index (χ1n) is 4.87. The van der Waals surface area contributed by atoms with Crippen molar-refractivity contribution in [1.29, 1.82) is 0 Å². The molecule has 0 aliphatic carbocycles. The molecule has 0 amide bonds. The molecule has 0 aliphatic rings. The topological polar surface area (TPSA) is 51.0 Å². The summed E-state index contributed by atoms with van der Waals surface area (Å²) in [4.78, 5) is 4.29. The molecule has 80 valence electrons. The fourth-order valence-electron chi connectivity index (χ4n) is 1.47. The maximum Gasteiger partial charge on any atom is 0.270 e. The number of benzene rings is 1. The van der Waals surface area contributed by atoms with Gasteiger partial charge in [0, 0.05) is 5.69 Å². The van der Waals surface area contributed by atoms with Crippen molar-refractivity contribution in [2.24, 2.45) is 0 Å². The highest BCUT2D eigenvalue weighted by molar-refractivity contribution is 7.22. The number of aryl methyl sites for hydroxylation is 1. The summed E-state index contributed by atoms with van der Waals surface area (Å²) in [6.45, 7) is 2.06. The summed E-state index contributed by atoms with van der Waals surface area (Å²) in [5.74, 6) is 0. The number of hydrogen-bond donors (Lipinski definition) is 1. The molecule has 3 aromatic rings. The van der Waals surface area contributed by atoms with Gasteiger partial charge < -0.3 is 9.84 Å². The zero-order valence-electron chi connectivity index (χ0n) is 8.60. The van der Waals surface area contributed by atoms with E-state index >= 15 is 0 Å². The van der Waals surface area contributed by atoms with E-state index in [0.29, 0.717) is 5.71 Å². The third kappa shape index (κ3) is 1.55. The van der Waals surface area contributed by atoms with Crippen LogP contribution in [0.2, 0.25) is 0 Å². The Morgan fingerprint density at radius 3 is 3.00 bits per heavy atom. The highest BCUT2D eigenvalue weighted by Crippen LogP contribution is 2.28. The van der Waals surface area contributed by atoms with Crippen LogP contribution in [0.25, 0.3) is 10.4 Å². The van der Waals surface area contributed by atoms with Gasteiger partial charge >= 0.3 is 0 Å². The molecular formula is C11H9N3OS. The van der Waals surface area contributed by atoms with Crippen molar-refractivity contribution in [2.45, 2.75) is 6.92 Å². The van der Waals surface area contributed by atoms with Crippen LogP contribution in [0.5, 0.6) is 0 Å². The van der Waals surface area contributed by atoms with Gasteiger partial charge in [0.05, 0.1) is 6.20 Å². The quantitative estimate of drug-likeness (QED) is 0.735.